The normalized spacial score (nSPS) is 29.9. The van der Waals surface area contributed by atoms with Gasteiger partial charge in [-0.3, -0.25) is 33.6 Å². The van der Waals surface area contributed by atoms with Gasteiger partial charge in [-0.05, 0) is 104 Å². The number of para-hydroxylation sites is 1. The lowest BCUT2D eigenvalue weighted by Gasteiger charge is -2.47. The van der Waals surface area contributed by atoms with E-state index in [4.69, 9.17) is 19.9 Å². The number of aromatic nitrogens is 1. The molecule has 95 heavy (non-hydrogen) atoms. The summed E-state index contributed by atoms with van der Waals surface area (Å²) in [7, 11) is 1.77. The number of carbonyl (C=O) groups excluding carboxylic acids is 7. The Hall–Kier alpha value is -5.88. The Labute approximate surface area is 567 Å². The van der Waals surface area contributed by atoms with E-state index < -0.39 is 189 Å². The van der Waals surface area contributed by atoms with Gasteiger partial charge in [0.05, 0.1) is 54.2 Å². The van der Waals surface area contributed by atoms with Crippen LogP contribution in [0.2, 0.25) is 0 Å². The number of nitrogens with two attached hydrogens (primary N) is 1. The second kappa shape index (κ2) is 36.1. The molecular formula is C61H85IN10O21S2. The Morgan fingerprint density at radius 3 is 2.13 bits per heavy atom. The van der Waals surface area contributed by atoms with Crippen molar-refractivity contribution in [2.24, 2.45) is 5.73 Å². The number of aromatic hydroxyl groups is 1. The Kier molecular flexibility index (Phi) is 29.1. The molecule has 0 unspecified atom stereocenters. The summed E-state index contributed by atoms with van der Waals surface area (Å²) in [6, 6.07) is 7.66. The molecule has 0 aliphatic carbocycles. The van der Waals surface area contributed by atoms with E-state index >= 15 is 14.4 Å². The molecule has 524 valence electrons. The van der Waals surface area contributed by atoms with Crippen LogP contribution in [0.4, 0.5) is 0 Å². The molecule has 3 aliphatic rings. The highest BCUT2D eigenvalue weighted by Crippen LogP contribution is 2.31. The first kappa shape index (κ1) is 76.5. The summed E-state index contributed by atoms with van der Waals surface area (Å²) < 4.78 is 17.0. The van der Waals surface area contributed by atoms with Crippen LogP contribution in [0.25, 0.3) is 10.9 Å². The molecule has 3 saturated heterocycles. The maximum Gasteiger partial charge on any atom is 0.245 e. The Morgan fingerprint density at radius 1 is 0.789 bits per heavy atom. The van der Waals surface area contributed by atoms with Gasteiger partial charge in [-0.1, -0.05) is 76.2 Å². The Bertz CT molecular complexity index is 3220. The SMILES string of the molecule is C[C@@H](O)[C@H](CO)NC(=O)[C@@H]1CSSC[C@H](NC(=O)[C@@H](Cc2ccccc2)NC[C@@]2(O)OC[C@@H](O)[C@@H](O[C@H]3O[C@H](CO)[C@@H](O)[C@H](O)[C@H]3O)[C@@H]2O)C(=O)N[C@@H](Cc2ccc(O)c(I)c2)C(=O)N[C@H](Cc2c[nH]c3ccccc23)C(=O)N[C@@H](CCCCN)C(=O)N[C@@H]([C@@H](C)O)C(=O)N1. The number of hydrogen-bond acceptors (Lipinski definition) is 25. The zero-order chi connectivity index (χ0) is 69.3. The van der Waals surface area contributed by atoms with Gasteiger partial charge in [0.15, 0.2) is 6.29 Å². The minimum Gasteiger partial charge on any atom is -0.507 e. The highest BCUT2D eigenvalue weighted by molar-refractivity contribution is 14.1. The van der Waals surface area contributed by atoms with Crippen molar-refractivity contribution in [2.45, 2.75) is 168 Å². The monoisotopic (exact) mass is 1480 g/mol. The molecule has 31 nitrogen and oxygen atoms in total. The van der Waals surface area contributed by atoms with Crippen molar-refractivity contribution in [1.82, 2.24) is 47.5 Å². The topological polar surface area (TPSA) is 508 Å². The average molecular weight is 1490 g/mol. The predicted molar refractivity (Wildman–Crippen MR) is 352 cm³/mol. The number of aromatic amines is 1. The molecule has 34 heteroatoms. The van der Waals surface area contributed by atoms with E-state index in [1.54, 1.807) is 66.9 Å². The Morgan fingerprint density at radius 2 is 1.45 bits per heavy atom. The quantitative estimate of drug-likeness (QED) is 0.0187. The number of rotatable bonds is 23. The fourth-order valence-corrected chi connectivity index (χ4v) is 13.6. The molecule has 0 saturated carbocycles. The molecular weight excluding hydrogens is 1400 g/mol. The largest absolute Gasteiger partial charge is 0.507 e. The lowest BCUT2D eigenvalue weighted by molar-refractivity contribution is -0.367. The van der Waals surface area contributed by atoms with Crippen LogP contribution in [0.1, 0.15) is 49.8 Å². The average Bonchev–Trinajstić information content (AvgIpc) is 1.24. The van der Waals surface area contributed by atoms with Crippen molar-refractivity contribution in [3.63, 3.8) is 0 Å². The van der Waals surface area contributed by atoms with Gasteiger partial charge in [0.1, 0.15) is 84.7 Å². The molecule has 0 bridgehead atoms. The number of ether oxygens (including phenoxy) is 3. The fraction of sp³-hybridized carbons (Fsp3) is 0.557. The number of aliphatic hydroxyl groups excluding tert-OH is 9. The number of halogens is 1. The molecule has 3 aromatic carbocycles. The van der Waals surface area contributed by atoms with Crippen molar-refractivity contribution in [1.29, 1.82) is 0 Å². The second-order valence-corrected chi connectivity index (χ2v) is 27.3. The summed E-state index contributed by atoms with van der Waals surface area (Å²) in [6.45, 7) is -0.430. The molecule has 7 rings (SSSR count). The van der Waals surface area contributed by atoms with Crippen LogP contribution in [0, 0.1) is 3.57 Å². The van der Waals surface area contributed by atoms with Crippen LogP contribution in [-0.4, -0.2) is 262 Å². The molecule has 3 aliphatic heterocycles. The van der Waals surface area contributed by atoms with E-state index in [1.165, 1.54) is 26.0 Å². The summed E-state index contributed by atoms with van der Waals surface area (Å²) in [6.07, 6.45) is -16.2. The molecule has 3 fully saturated rings. The number of unbranched alkanes of at least 4 members (excludes halogenated alkanes) is 1. The van der Waals surface area contributed by atoms with Crippen LogP contribution >= 0.6 is 44.2 Å². The first-order valence-corrected chi connectivity index (χ1v) is 34.3. The molecule has 0 spiro atoms. The van der Waals surface area contributed by atoms with E-state index in [0.29, 0.717) is 37.6 Å². The number of carbonyl (C=O) groups is 7. The van der Waals surface area contributed by atoms with Crippen LogP contribution in [0.3, 0.4) is 0 Å². The van der Waals surface area contributed by atoms with Crippen molar-refractivity contribution in [2.75, 3.05) is 44.4 Å². The summed E-state index contributed by atoms with van der Waals surface area (Å²) in [4.78, 5) is 106. The number of aliphatic hydroxyl groups is 10. The molecule has 0 radical (unpaired) electrons. The number of amides is 7. The zero-order valence-electron chi connectivity index (χ0n) is 51.9. The van der Waals surface area contributed by atoms with Gasteiger partial charge in [0, 0.05) is 41.4 Å². The van der Waals surface area contributed by atoms with Crippen molar-refractivity contribution in [3.8, 4) is 5.75 Å². The molecule has 22 N–H and O–H groups in total. The fourth-order valence-electron chi connectivity index (χ4n) is 10.7. The summed E-state index contributed by atoms with van der Waals surface area (Å²) in [5, 5.41) is 140. The number of fused-ring (bicyclic) bond motifs is 1. The van der Waals surface area contributed by atoms with Gasteiger partial charge in [0.2, 0.25) is 47.1 Å². The third kappa shape index (κ3) is 20.8. The molecule has 19 atom stereocenters. The predicted octanol–water partition coefficient (Wildman–Crippen LogP) is -5.24. The number of nitrogens with one attached hydrogen (secondary N) is 9. The molecule has 4 aromatic rings. The smallest absolute Gasteiger partial charge is 0.245 e. The minimum absolute atomic E-state index is 0.0604. The summed E-state index contributed by atoms with van der Waals surface area (Å²) in [5.41, 5.74) is 7.99. The zero-order valence-corrected chi connectivity index (χ0v) is 55.7. The van der Waals surface area contributed by atoms with Crippen molar-refractivity contribution < 1.29 is 104 Å². The maximum atomic E-state index is 15.3. The van der Waals surface area contributed by atoms with Crippen LogP contribution in [-0.2, 0) is 67.0 Å². The van der Waals surface area contributed by atoms with Crippen molar-refractivity contribution in [3.05, 3.63) is 99.3 Å². The second-order valence-electron chi connectivity index (χ2n) is 23.6. The maximum absolute atomic E-state index is 15.3. The third-order valence-corrected chi connectivity index (χ3v) is 19.7. The van der Waals surface area contributed by atoms with E-state index in [2.05, 4.69) is 47.5 Å². The van der Waals surface area contributed by atoms with Gasteiger partial charge in [0.25, 0.3) is 0 Å². The number of phenols is 1. The summed E-state index contributed by atoms with van der Waals surface area (Å²) >= 11 is 1.88. The lowest BCUT2D eigenvalue weighted by atomic mass is 9.95. The minimum atomic E-state index is -2.72. The standard InChI is InChI=1S/C61H85IN10O21S2/c1-29(75)41(23-73)69-58(88)43-27-95-94-26-42(70-54(84)38(19-31-10-4-3-5-11-31)65-28-61(90)52(82)51(45(78)25-91-61)93-60-50(81)49(80)48(79)46(24-74)92-60)57(87)67-39(20-32-15-16-44(77)35(62)18-32)55(85)68-40(21-33-22-64-36-13-7-6-12-34(33)36)56(86)66-37(14-8-9-17-63)53(83)72-47(30(2)76)59(89)71-43/h3-7,10-13,15-16,18,22,29-30,37-43,45-52,60,64-65,73-82,90H,8-9,14,17,19-21,23-28,63H2,1-2H3,(H,66,86)(H,67,87)(H,68,85)(H,69,88)(H,70,84)(H,71,89)(H,72,83)/t29-,30-,37+,38-,39+,40-,41+,42+,43+,45-,46-,47+,48-,49+,50-,51-,52+,60-,61-/m1/s1. The van der Waals surface area contributed by atoms with Crippen LogP contribution in [0.5, 0.6) is 5.75 Å². The van der Waals surface area contributed by atoms with Gasteiger partial charge in [-0.25, -0.2) is 0 Å². The highest BCUT2D eigenvalue weighted by atomic mass is 127. The molecule has 1 aromatic heterocycles. The Balaban J connectivity index is 1.27. The number of hydrogen-bond donors (Lipinski definition) is 21. The van der Waals surface area contributed by atoms with E-state index in [0.717, 1.165) is 21.6 Å². The van der Waals surface area contributed by atoms with Gasteiger partial charge in [-0.2, -0.15) is 0 Å². The molecule has 7 amide bonds. The van der Waals surface area contributed by atoms with E-state index in [9.17, 15) is 75.3 Å². The van der Waals surface area contributed by atoms with Gasteiger partial charge in [-0.15, -0.1) is 0 Å². The number of benzene rings is 3. The highest BCUT2D eigenvalue weighted by Gasteiger charge is 2.53. The van der Waals surface area contributed by atoms with Crippen LogP contribution in [0.15, 0.2) is 79.0 Å². The first-order chi connectivity index (χ1) is 45.2. The number of phenolic OH excluding ortho intramolecular Hbond substituents is 1. The molecule has 4 heterocycles. The number of H-pyrrole nitrogens is 1. The third-order valence-electron chi connectivity index (χ3n) is 16.4. The van der Waals surface area contributed by atoms with Gasteiger partial charge < -0.3 is 124 Å². The van der Waals surface area contributed by atoms with Crippen molar-refractivity contribution >= 4 is 96.4 Å². The van der Waals surface area contributed by atoms with Crippen LogP contribution < -0.4 is 48.3 Å². The first-order valence-electron chi connectivity index (χ1n) is 30.8. The van der Waals surface area contributed by atoms with E-state index in [1.807, 2.05) is 22.6 Å². The summed E-state index contributed by atoms with van der Waals surface area (Å²) in [5.74, 6) is -10.3. The van der Waals surface area contributed by atoms with E-state index in [-0.39, 0.29) is 50.2 Å². The van der Waals surface area contributed by atoms with Gasteiger partial charge >= 0.3 is 0 Å². The lowest BCUT2D eigenvalue weighted by Crippen LogP contribution is -2.68.